The summed E-state index contributed by atoms with van der Waals surface area (Å²) >= 11 is 1.70. The van der Waals surface area contributed by atoms with Gasteiger partial charge >= 0.3 is 0 Å². The fraction of sp³-hybridized carbons (Fsp3) is 0.765. The number of nitrogens with zero attached hydrogens (tertiary/aromatic N) is 3. The zero-order valence-corrected chi connectivity index (χ0v) is 15.6. The predicted octanol–water partition coefficient (Wildman–Crippen LogP) is 2.66. The molecule has 3 atom stereocenters. The first-order valence-corrected chi connectivity index (χ1v) is 9.28. The molecule has 0 bridgehead atoms. The molecule has 2 fully saturated rings. The van der Waals surface area contributed by atoms with Gasteiger partial charge in [-0.1, -0.05) is 13.8 Å². The van der Waals surface area contributed by atoms with Crippen molar-refractivity contribution in [2.24, 2.45) is 16.3 Å². The Morgan fingerprint density at radius 3 is 3.00 bits per heavy atom. The molecule has 0 aromatic carbocycles. The number of ether oxygens (including phenoxy) is 1. The number of nitrogens with one attached hydrogen (secondary N) is 1. The Bertz CT molecular complexity index is 583. The van der Waals surface area contributed by atoms with E-state index in [4.69, 9.17) is 4.74 Å². The third-order valence-electron chi connectivity index (χ3n) is 5.25. The second-order valence-corrected chi connectivity index (χ2v) is 8.36. The van der Waals surface area contributed by atoms with Crippen LogP contribution in [0.1, 0.15) is 37.4 Å². The maximum absolute atomic E-state index is 5.99. The van der Waals surface area contributed by atoms with Crippen LogP contribution in [0.3, 0.4) is 0 Å². The van der Waals surface area contributed by atoms with E-state index in [1.165, 1.54) is 12.8 Å². The quantitative estimate of drug-likeness (QED) is 0.681. The Hall–Kier alpha value is -1.14. The summed E-state index contributed by atoms with van der Waals surface area (Å²) in [6.45, 7) is 8.33. The Balaban J connectivity index is 1.65. The highest BCUT2D eigenvalue weighted by Crippen LogP contribution is 2.51. The standard InChI is InChI=1S/C17H28N4OS/c1-11-19-12(10-23-11)9-21(5)16(18-4)20-14-13-7-6-8-22-15(13)17(14,2)3/h10,13-15H,6-9H2,1-5H3,(H,18,20). The summed E-state index contributed by atoms with van der Waals surface area (Å²) in [4.78, 5) is 11.2. The fourth-order valence-corrected chi connectivity index (χ4v) is 4.70. The molecule has 2 aliphatic rings. The van der Waals surface area contributed by atoms with E-state index < -0.39 is 0 Å². The molecule has 0 radical (unpaired) electrons. The second kappa shape index (κ2) is 6.40. The third-order valence-corrected chi connectivity index (χ3v) is 6.08. The highest BCUT2D eigenvalue weighted by atomic mass is 32.1. The maximum atomic E-state index is 5.99. The molecule has 23 heavy (non-hydrogen) atoms. The number of thiazole rings is 1. The smallest absolute Gasteiger partial charge is 0.193 e. The number of hydrogen-bond acceptors (Lipinski definition) is 4. The first-order chi connectivity index (χ1) is 10.9. The van der Waals surface area contributed by atoms with Crippen molar-refractivity contribution in [3.05, 3.63) is 16.1 Å². The first kappa shape index (κ1) is 16.7. The number of aliphatic imine (C=N–C) groups is 1. The molecule has 0 spiro atoms. The summed E-state index contributed by atoms with van der Waals surface area (Å²) < 4.78 is 5.99. The van der Waals surface area contributed by atoms with Crippen molar-refractivity contribution in [2.75, 3.05) is 20.7 Å². The van der Waals surface area contributed by atoms with Gasteiger partial charge in [0.2, 0.25) is 0 Å². The molecule has 1 aliphatic carbocycles. The van der Waals surface area contributed by atoms with E-state index in [1.807, 2.05) is 14.0 Å². The fourth-order valence-electron chi connectivity index (χ4n) is 4.10. The van der Waals surface area contributed by atoms with Crippen molar-refractivity contribution in [1.82, 2.24) is 15.2 Å². The summed E-state index contributed by atoms with van der Waals surface area (Å²) in [6, 6.07) is 0.422. The maximum Gasteiger partial charge on any atom is 0.193 e. The van der Waals surface area contributed by atoms with Crippen molar-refractivity contribution in [3.8, 4) is 0 Å². The van der Waals surface area contributed by atoms with Crippen LogP contribution in [0.4, 0.5) is 0 Å². The minimum absolute atomic E-state index is 0.152. The van der Waals surface area contributed by atoms with Crippen LogP contribution in [0.5, 0.6) is 0 Å². The largest absolute Gasteiger partial charge is 0.377 e. The molecule has 5 nitrogen and oxygen atoms in total. The molecule has 6 heteroatoms. The van der Waals surface area contributed by atoms with E-state index >= 15 is 0 Å². The average Bonchev–Trinajstić information content (AvgIpc) is 2.93. The molecule has 1 aliphatic heterocycles. The van der Waals surface area contributed by atoms with Crippen LogP contribution in [0, 0.1) is 18.3 Å². The van der Waals surface area contributed by atoms with E-state index in [-0.39, 0.29) is 5.41 Å². The van der Waals surface area contributed by atoms with Gasteiger partial charge in [-0.2, -0.15) is 0 Å². The van der Waals surface area contributed by atoms with Gasteiger partial charge in [-0.25, -0.2) is 4.98 Å². The van der Waals surface area contributed by atoms with Gasteiger partial charge in [0, 0.05) is 43.5 Å². The lowest BCUT2D eigenvalue weighted by molar-refractivity contribution is -0.188. The van der Waals surface area contributed by atoms with Gasteiger partial charge in [0.15, 0.2) is 5.96 Å². The lowest BCUT2D eigenvalue weighted by Gasteiger charge is -2.60. The Morgan fingerprint density at radius 1 is 1.57 bits per heavy atom. The van der Waals surface area contributed by atoms with Gasteiger partial charge in [0.25, 0.3) is 0 Å². The van der Waals surface area contributed by atoms with Gasteiger partial charge in [-0.15, -0.1) is 11.3 Å². The van der Waals surface area contributed by atoms with Crippen molar-refractivity contribution >= 4 is 17.3 Å². The van der Waals surface area contributed by atoms with Crippen molar-refractivity contribution in [2.45, 2.75) is 52.3 Å². The van der Waals surface area contributed by atoms with Crippen LogP contribution in [0.2, 0.25) is 0 Å². The molecule has 1 aromatic rings. The predicted molar refractivity (Wildman–Crippen MR) is 94.8 cm³/mol. The zero-order chi connectivity index (χ0) is 16.6. The molecule has 3 rings (SSSR count). The van der Waals surface area contributed by atoms with Gasteiger partial charge in [0.1, 0.15) is 0 Å². The Kier molecular flexibility index (Phi) is 4.65. The minimum atomic E-state index is 0.152. The van der Waals surface area contributed by atoms with Crippen LogP contribution < -0.4 is 5.32 Å². The Morgan fingerprint density at radius 2 is 2.35 bits per heavy atom. The molecular weight excluding hydrogens is 308 g/mol. The monoisotopic (exact) mass is 336 g/mol. The number of aryl methyl sites for hydroxylation is 1. The molecular formula is C17H28N4OS. The molecule has 1 saturated heterocycles. The molecule has 2 heterocycles. The minimum Gasteiger partial charge on any atom is -0.377 e. The molecule has 3 unspecified atom stereocenters. The van der Waals surface area contributed by atoms with Gasteiger partial charge < -0.3 is 15.0 Å². The van der Waals surface area contributed by atoms with E-state index in [0.29, 0.717) is 18.1 Å². The molecule has 128 valence electrons. The topological polar surface area (TPSA) is 49.8 Å². The van der Waals surface area contributed by atoms with Crippen molar-refractivity contribution in [1.29, 1.82) is 0 Å². The highest BCUT2D eigenvalue weighted by molar-refractivity contribution is 7.09. The third kappa shape index (κ3) is 3.11. The Labute approximate surface area is 143 Å². The summed E-state index contributed by atoms with van der Waals surface area (Å²) in [6.07, 6.45) is 2.80. The number of guanidine groups is 1. The van der Waals surface area contributed by atoms with Crippen LogP contribution >= 0.6 is 11.3 Å². The van der Waals surface area contributed by atoms with Crippen LogP contribution in [0.25, 0.3) is 0 Å². The number of fused-ring (bicyclic) bond motifs is 1. The van der Waals surface area contributed by atoms with Crippen LogP contribution in [0.15, 0.2) is 10.4 Å². The van der Waals surface area contributed by atoms with Gasteiger partial charge in [-0.3, -0.25) is 4.99 Å². The average molecular weight is 337 g/mol. The van der Waals surface area contributed by atoms with Gasteiger partial charge in [0.05, 0.1) is 23.4 Å². The summed E-state index contributed by atoms with van der Waals surface area (Å²) in [5.41, 5.74) is 1.25. The van der Waals surface area contributed by atoms with Gasteiger partial charge in [-0.05, 0) is 19.8 Å². The number of aromatic nitrogens is 1. The number of hydrogen-bond donors (Lipinski definition) is 1. The second-order valence-electron chi connectivity index (χ2n) is 7.30. The lowest BCUT2D eigenvalue weighted by atomic mass is 9.55. The van der Waals surface area contributed by atoms with E-state index in [2.05, 4.69) is 46.5 Å². The van der Waals surface area contributed by atoms with Crippen LogP contribution in [-0.4, -0.2) is 48.7 Å². The molecule has 1 aromatic heterocycles. The summed E-state index contributed by atoms with van der Waals surface area (Å²) in [5, 5.41) is 6.92. The normalized spacial score (nSPS) is 29.6. The van der Waals surface area contributed by atoms with E-state index in [1.54, 1.807) is 11.3 Å². The number of rotatable bonds is 3. The highest BCUT2D eigenvalue weighted by Gasteiger charge is 2.58. The van der Waals surface area contributed by atoms with Crippen molar-refractivity contribution in [3.63, 3.8) is 0 Å². The summed E-state index contributed by atoms with van der Waals surface area (Å²) in [5.74, 6) is 1.54. The van der Waals surface area contributed by atoms with Crippen molar-refractivity contribution < 1.29 is 4.74 Å². The zero-order valence-electron chi connectivity index (χ0n) is 14.8. The van der Waals surface area contributed by atoms with Crippen LogP contribution in [-0.2, 0) is 11.3 Å². The summed E-state index contributed by atoms with van der Waals surface area (Å²) in [7, 11) is 3.93. The van der Waals surface area contributed by atoms with E-state index in [9.17, 15) is 0 Å². The van der Waals surface area contributed by atoms with E-state index in [0.717, 1.165) is 29.8 Å². The molecule has 1 N–H and O–H groups in total. The SMILES string of the molecule is CN=C(NC1C2CCCOC2C1(C)C)N(C)Cc1csc(C)n1. The molecule has 1 saturated carbocycles. The lowest BCUT2D eigenvalue weighted by Crippen LogP contribution is -2.71. The molecule has 0 amide bonds. The first-order valence-electron chi connectivity index (χ1n) is 8.40.